The van der Waals surface area contributed by atoms with E-state index < -0.39 is 12.0 Å². The number of nitrogens with one attached hydrogen (secondary N) is 1. The van der Waals surface area contributed by atoms with Gasteiger partial charge in [0.15, 0.2) is 0 Å². The Morgan fingerprint density at radius 1 is 1.10 bits per heavy atom. The maximum Gasteiger partial charge on any atom is 0.451 e. The van der Waals surface area contributed by atoms with E-state index in [0.717, 1.165) is 6.07 Å². The lowest BCUT2D eigenvalue weighted by molar-refractivity contribution is -0.144. The fourth-order valence-electron chi connectivity index (χ4n) is 1.35. The van der Waals surface area contributed by atoms with Gasteiger partial charge in [-0.3, -0.25) is 0 Å². The van der Waals surface area contributed by atoms with Gasteiger partial charge in [-0.1, -0.05) is 23.2 Å². The van der Waals surface area contributed by atoms with Crippen molar-refractivity contribution in [1.29, 1.82) is 0 Å². The lowest BCUT2D eigenvalue weighted by Gasteiger charge is -2.11. The van der Waals surface area contributed by atoms with Crippen LogP contribution in [0.2, 0.25) is 10.2 Å². The molecule has 106 valence electrons. The number of nitrogens with zero attached hydrogens (tertiary/aromatic N) is 2. The zero-order valence-corrected chi connectivity index (χ0v) is 11.1. The number of hydrogen-bond acceptors (Lipinski definition) is 4. The Morgan fingerprint density at radius 2 is 1.80 bits per heavy atom. The van der Waals surface area contributed by atoms with Crippen LogP contribution in [0.25, 0.3) is 0 Å². The second-order valence-electron chi connectivity index (χ2n) is 3.68. The number of aromatic hydroxyl groups is 1. The van der Waals surface area contributed by atoms with Gasteiger partial charge in [-0.2, -0.15) is 13.2 Å². The smallest absolute Gasteiger partial charge is 0.451 e. The van der Waals surface area contributed by atoms with Crippen molar-refractivity contribution in [2.24, 2.45) is 0 Å². The number of aromatic nitrogens is 2. The van der Waals surface area contributed by atoms with Crippen LogP contribution in [0.4, 0.5) is 24.7 Å². The summed E-state index contributed by atoms with van der Waals surface area (Å²) in [6, 6.07) is 5.14. The predicted octanol–water partition coefficient (Wildman–Crippen LogP) is 4.25. The van der Waals surface area contributed by atoms with E-state index >= 15 is 0 Å². The largest absolute Gasteiger partial charge is 0.506 e. The van der Waals surface area contributed by atoms with Crippen molar-refractivity contribution in [2.45, 2.75) is 6.18 Å². The first kappa shape index (κ1) is 14.7. The van der Waals surface area contributed by atoms with Gasteiger partial charge in [0.2, 0.25) is 5.82 Å². The van der Waals surface area contributed by atoms with Crippen LogP contribution in [0.5, 0.6) is 5.75 Å². The SMILES string of the molecule is Oc1ccc(Cl)cc1Nc1cc(Cl)nc(C(F)(F)F)n1. The van der Waals surface area contributed by atoms with Gasteiger partial charge in [0.05, 0.1) is 5.69 Å². The number of anilines is 2. The van der Waals surface area contributed by atoms with Gasteiger partial charge in [0, 0.05) is 11.1 Å². The predicted molar refractivity (Wildman–Crippen MR) is 68.4 cm³/mol. The summed E-state index contributed by atoms with van der Waals surface area (Å²) in [5.41, 5.74) is 0.0976. The molecule has 0 atom stereocenters. The molecular weight excluding hydrogens is 318 g/mol. The molecule has 0 amide bonds. The lowest BCUT2D eigenvalue weighted by Crippen LogP contribution is -2.12. The molecule has 0 radical (unpaired) electrons. The number of benzene rings is 1. The zero-order chi connectivity index (χ0) is 14.9. The Morgan fingerprint density at radius 3 is 2.45 bits per heavy atom. The van der Waals surface area contributed by atoms with E-state index in [0.29, 0.717) is 5.02 Å². The summed E-state index contributed by atoms with van der Waals surface area (Å²) in [5, 5.41) is 12.0. The van der Waals surface area contributed by atoms with E-state index in [2.05, 4.69) is 15.3 Å². The molecule has 0 bridgehead atoms. The first-order valence-corrected chi connectivity index (χ1v) is 5.88. The summed E-state index contributed by atoms with van der Waals surface area (Å²) in [4.78, 5) is 6.37. The minimum absolute atomic E-state index is 0.0976. The van der Waals surface area contributed by atoms with Crippen LogP contribution in [0.15, 0.2) is 24.3 Å². The molecule has 0 saturated heterocycles. The van der Waals surface area contributed by atoms with Crippen molar-refractivity contribution in [3.8, 4) is 5.75 Å². The first-order chi connectivity index (χ1) is 9.25. The summed E-state index contributed by atoms with van der Waals surface area (Å²) < 4.78 is 37.6. The third kappa shape index (κ3) is 3.43. The number of hydrogen-bond donors (Lipinski definition) is 2. The minimum atomic E-state index is -4.72. The minimum Gasteiger partial charge on any atom is -0.506 e. The molecule has 0 aliphatic rings. The quantitative estimate of drug-likeness (QED) is 0.640. The summed E-state index contributed by atoms with van der Waals surface area (Å²) in [7, 11) is 0. The van der Waals surface area contributed by atoms with E-state index in [1.807, 2.05) is 0 Å². The van der Waals surface area contributed by atoms with Crippen molar-refractivity contribution in [3.05, 3.63) is 40.3 Å². The fourth-order valence-corrected chi connectivity index (χ4v) is 1.71. The summed E-state index contributed by atoms with van der Waals surface area (Å²) in [6.45, 7) is 0. The van der Waals surface area contributed by atoms with Gasteiger partial charge in [0.25, 0.3) is 0 Å². The summed E-state index contributed by atoms with van der Waals surface area (Å²) >= 11 is 11.2. The fraction of sp³-hybridized carbons (Fsp3) is 0.0909. The van der Waals surface area contributed by atoms with E-state index in [1.165, 1.54) is 18.2 Å². The van der Waals surface area contributed by atoms with E-state index in [4.69, 9.17) is 23.2 Å². The van der Waals surface area contributed by atoms with Crippen LogP contribution >= 0.6 is 23.2 Å². The molecule has 2 N–H and O–H groups in total. The highest BCUT2D eigenvalue weighted by Crippen LogP contribution is 2.32. The highest BCUT2D eigenvalue weighted by atomic mass is 35.5. The molecule has 0 spiro atoms. The van der Waals surface area contributed by atoms with Gasteiger partial charge < -0.3 is 10.4 Å². The third-order valence-electron chi connectivity index (χ3n) is 2.17. The number of halogens is 5. The number of phenols is 1. The number of rotatable bonds is 2. The molecule has 0 aliphatic heterocycles. The molecule has 20 heavy (non-hydrogen) atoms. The van der Waals surface area contributed by atoms with Crippen LogP contribution in [0, 0.1) is 0 Å². The first-order valence-electron chi connectivity index (χ1n) is 5.13. The van der Waals surface area contributed by atoms with Crippen molar-refractivity contribution in [2.75, 3.05) is 5.32 Å². The summed E-state index contributed by atoms with van der Waals surface area (Å²) in [5.74, 6) is -1.79. The van der Waals surface area contributed by atoms with Crippen LogP contribution in [-0.2, 0) is 6.18 Å². The Hall–Kier alpha value is -1.73. The average Bonchev–Trinajstić information content (AvgIpc) is 2.32. The number of phenolic OH excluding ortho intramolecular Hbond substituents is 1. The Labute approximate surface area is 121 Å². The van der Waals surface area contributed by atoms with Gasteiger partial charge in [-0.15, -0.1) is 0 Å². The second kappa shape index (κ2) is 5.34. The van der Waals surface area contributed by atoms with Crippen LogP contribution < -0.4 is 5.32 Å². The van der Waals surface area contributed by atoms with Gasteiger partial charge in [-0.05, 0) is 18.2 Å². The number of alkyl halides is 3. The lowest BCUT2D eigenvalue weighted by atomic mass is 10.3. The maximum absolute atomic E-state index is 12.5. The standard InChI is InChI=1S/C11H6Cl2F3N3O/c12-5-1-2-7(20)6(3-5)17-9-4-8(13)18-10(19-9)11(14,15)16/h1-4,20H,(H,17,18,19). The van der Waals surface area contributed by atoms with E-state index in [-0.39, 0.29) is 22.4 Å². The van der Waals surface area contributed by atoms with Crippen molar-refractivity contribution >= 4 is 34.7 Å². The average molecular weight is 324 g/mol. The molecule has 2 rings (SSSR count). The van der Waals surface area contributed by atoms with Crippen LogP contribution in [-0.4, -0.2) is 15.1 Å². The summed E-state index contributed by atoms with van der Waals surface area (Å²) in [6.07, 6.45) is -4.72. The van der Waals surface area contributed by atoms with E-state index in [9.17, 15) is 18.3 Å². The maximum atomic E-state index is 12.5. The molecule has 4 nitrogen and oxygen atoms in total. The van der Waals surface area contributed by atoms with Crippen LogP contribution in [0.1, 0.15) is 5.82 Å². The monoisotopic (exact) mass is 323 g/mol. The topological polar surface area (TPSA) is 58.0 Å². The van der Waals surface area contributed by atoms with Crippen LogP contribution in [0.3, 0.4) is 0 Å². The van der Waals surface area contributed by atoms with E-state index in [1.54, 1.807) is 0 Å². The highest BCUT2D eigenvalue weighted by molar-refractivity contribution is 6.31. The highest BCUT2D eigenvalue weighted by Gasteiger charge is 2.35. The third-order valence-corrected chi connectivity index (χ3v) is 2.60. The normalized spacial score (nSPS) is 11.4. The van der Waals surface area contributed by atoms with Crippen molar-refractivity contribution in [1.82, 2.24) is 9.97 Å². The molecule has 1 heterocycles. The molecule has 0 fully saturated rings. The Kier molecular flexibility index (Phi) is 3.92. The molecule has 1 aromatic carbocycles. The molecule has 1 aromatic heterocycles. The second-order valence-corrected chi connectivity index (χ2v) is 4.51. The molecule has 2 aromatic rings. The van der Waals surface area contributed by atoms with Gasteiger partial charge in [-0.25, -0.2) is 9.97 Å². The Bertz CT molecular complexity index is 649. The van der Waals surface area contributed by atoms with Gasteiger partial charge in [0.1, 0.15) is 16.7 Å². The molecular formula is C11H6Cl2F3N3O. The van der Waals surface area contributed by atoms with Crippen molar-refractivity contribution in [3.63, 3.8) is 0 Å². The molecule has 0 aliphatic carbocycles. The molecule has 0 unspecified atom stereocenters. The zero-order valence-electron chi connectivity index (χ0n) is 9.54. The molecule has 9 heteroatoms. The Balaban J connectivity index is 2.39. The van der Waals surface area contributed by atoms with Gasteiger partial charge >= 0.3 is 6.18 Å². The molecule has 0 saturated carbocycles. The van der Waals surface area contributed by atoms with Crippen molar-refractivity contribution < 1.29 is 18.3 Å².